The zero-order chi connectivity index (χ0) is 28.5. The number of hydrogen-bond acceptors (Lipinski definition) is 8. The molecule has 4 rings (SSSR count). The van der Waals surface area contributed by atoms with E-state index in [2.05, 4.69) is 30.9 Å². The third-order valence-electron chi connectivity index (χ3n) is 5.62. The predicted octanol–water partition coefficient (Wildman–Crippen LogP) is 4.87. The van der Waals surface area contributed by atoms with Crippen LogP contribution in [0.3, 0.4) is 0 Å². The van der Waals surface area contributed by atoms with Crippen molar-refractivity contribution < 1.29 is 35.8 Å². The molecule has 0 amide bonds. The van der Waals surface area contributed by atoms with Crippen molar-refractivity contribution in [3.05, 3.63) is 58.4 Å². The summed E-state index contributed by atoms with van der Waals surface area (Å²) in [5, 5.41) is 0.534. The number of fused-ring (bicyclic) bond motifs is 1. The number of aromatic amines is 1. The van der Waals surface area contributed by atoms with Gasteiger partial charge in [0.2, 0.25) is 0 Å². The second kappa shape index (κ2) is 10.8. The highest BCUT2D eigenvalue weighted by Crippen LogP contribution is 2.41. The second-order valence-corrected chi connectivity index (χ2v) is 11.0. The molecule has 0 radical (unpaired) electrons. The van der Waals surface area contributed by atoms with Gasteiger partial charge in [-0.1, -0.05) is 22.0 Å². The Bertz CT molecular complexity index is 1730. The van der Waals surface area contributed by atoms with Crippen LogP contribution >= 0.6 is 15.9 Å². The highest BCUT2D eigenvalue weighted by molar-refractivity contribution is 9.09. The summed E-state index contributed by atoms with van der Waals surface area (Å²) in [5.41, 5.74) is -2.16. The summed E-state index contributed by atoms with van der Waals surface area (Å²) >= 11 is 3.21. The van der Waals surface area contributed by atoms with E-state index in [1.807, 2.05) is 0 Å². The molecular formula is C25H21BrF3N3O6S. The van der Waals surface area contributed by atoms with Crippen molar-refractivity contribution in [1.29, 1.82) is 0 Å². The van der Waals surface area contributed by atoms with E-state index in [1.165, 1.54) is 38.5 Å². The molecule has 0 spiro atoms. The molecule has 0 atom stereocenters. The number of benzene rings is 2. The Labute approximate surface area is 229 Å². The molecule has 0 fully saturated rings. The molecule has 0 aliphatic carbocycles. The lowest BCUT2D eigenvalue weighted by atomic mass is 10.0. The summed E-state index contributed by atoms with van der Waals surface area (Å²) in [4.78, 5) is 23.9. The molecule has 0 aliphatic rings. The Morgan fingerprint density at radius 3 is 2.36 bits per heavy atom. The van der Waals surface area contributed by atoms with Gasteiger partial charge in [0.25, 0.3) is 5.56 Å². The van der Waals surface area contributed by atoms with Gasteiger partial charge in [-0.25, -0.2) is 18.4 Å². The number of nitrogens with one attached hydrogen (secondary N) is 1. The SMILES string of the molecule is COc1cc(OC)c2c(=O)[nH]c(-c3ccc(OCCBr)c(-c4ccc(S(C)(=O)=O)cc4C(F)(F)F)n3)nc2c1. The first-order chi connectivity index (χ1) is 18.4. The van der Waals surface area contributed by atoms with Crippen molar-refractivity contribution in [3.8, 4) is 40.0 Å². The first-order valence-electron chi connectivity index (χ1n) is 11.1. The minimum absolute atomic E-state index is 0.0160. The number of methoxy groups -OCH3 is 2. The van der Waals surface area contributed by atoms with Gasteiger partial charge in [0.05, 0.1) is 36.8 Å². The summed E-state index contributed by atoms with van der Waals surface area (Å²) in [5.74, 6) is 0.577. The summed E-state index contributed by atoms with van der Waals surface area (Å²) in [7, 11) is -1.11. The molecular weight excluding hydrogens is 607 g/mol. The molecule has 0 saturated carbocycles. The fourth-order valence-electron chi connectivity index (χ4n) is 3.84. The van der Waals surface area contributed by atoms with E-state index in [0.717, 1.165) is 18.4 Å². The van der Waals surface area contributed by atoms with Crippen molar-refractivity contribution in [3.63, 3.8) is 0 Å². The average Bonchev–Trinajstić information content (AvgIpc) is 2.89. The van der Waals surface area contributed by atoms with Crippen LogP contribution in [0.2, 0.25) is 0 Å². The zero-order valence-corrected chi connectivity index (χ0v) is 23.1. The van der Waals surface area contributed by atoms with Gasteiger partial charge in [-0.3, -0.25) is 4.79 Å². The number of H-pyrrole nitrogens is 1. The highest BCUT2D eigenvalue weighted by atomic mass is 79.9. The molecule has 9 nitrogen and oxygen atoms in total. The largest absolute Gasteiger partial charge is 0.497 e. The standard InChI is InChI=1S/C25H21BrF3N3O6S/c1-36-13-10-18-21(20(11-13)37-2)24(33)32-23(31-18)17-6-7-19(38-9-8-26)22(30-17)15-5-4-14(39(3,34)35)12-16(15)25(27,28)29/h4-7,10-12H,8-9H2,1-3H3,(H,31,32,33). The molecule has 0 aliphatic heterocycles. The van der Waals surface area contributed by atoms with Gasteiger partial charge in [0.15, 0.2) is 15.7 Å². The van der Waals surface area contributed by atoms with Crippen molar-refractivity contribution in [1.82, 2.24) is 15.0 Å². The van der Waals surface area contributed by atoms with Crippen molar-refractivity contribution >= 4 is 36.7 Å². The van der Waals surface area contributed by atoms with E-state index >= 15 is 0 Å². The summed E-state index contributed by atoms with van der Waals surface area (Å²) in [6.07, 6.45) is -4.10. The van der Waals surface area contributed by atoms with Crippen LogP contribution in [0.4, 0.5) is 13.2 Å². The van der Waals surface area contributed by atoms with Crippen LogP contribution in [0.15, 0.2) is 52.2 Å². The number of rotatable bonds is 8. The molecule has 0 saturated heterocycles. The van der Waals surface area contributed by atoms with Crippen molar-refractivity contribution in [2.45, 2.75) is 11.1 Å². The number of ether oxygens (including phenoxy) is 3. The van der Waals surface area contributed by atoms with E-state index in [4.69, 9.17) is 14.2 Å². The predicted molar refractivity (Wildman–Crippen MR) is 142 cm³/mol. The van der Waals surface area contributed by atoms with E-state index < -0.39 is 37.6 Å². The summed E-state index contributed by atoms with van der Waals surface area (Å²) in [6, 6.07) is 8.52. The number of alkyl halides is 4. The normalized spacial score (nSPS) is 12.0. The van der Waals surface area contributed by atoms with Gasteiger partial charge in [0.1, 0.15) is 34.0 Å². The van der Waals surface area contributed by atoms with Crippen LogP contribution in [0.1, 0.15) is 5.56 Å². The Kier molecular flexibility index (Phi) is 7.89. The number of sulfone groups is 1. The zero-order valence-electron chi connectivity index (χ0n) is 20.7. The first kappa shape index (κ1) is 28.4. The fourth-order valence-corrected chi connectivity index (χ4v) is 4.65. The van der Waals surface area contributed by atoms with Crippen molar-refractivity contribution in [2.24, 2.45) is 0 Å². The fraction of sp³-hybridized carbons (Fsp3) is 0.240. The molecule has 1 N–H and O–H groups in total. The van der Waals surface area contributed by atoms with E-state index in [-0.39, 0.29) is 46.2 Å². The van der Waals surface area contributed by atoms with Gasteiger partial charge < -0.3 is 19.2 Å². The Morgan fingerprint density at radius 2 is 1.74 bits per heavy atom. The average molecular weight is 628 g/mol. The molecule has 0 bridgehead atoms. The Morgan fingerprint density at radius 1 is 1.00 bits per heavy atom. The number of hydrogen-bond donors (Lipinski definition) is 1. The van der Waals surface area contributed by atoms with E-state index in [0.29, 0.717) is 17.1 Å². The Balaban J connectivity index is 1.98. The highest BCUT2D eigenvalue weighted by Gasteiger charge is 2.36. The van der Waals surface area contributed by atoms with Crippen molar-refractivity contribution in [2.75, 3.05) is 32.4 Å². The second-order valence-electron chi connectivity index (χ2n) is 8.20. The first-order valence-corrected chi connectivity index (χ1v) is 14.2. The van der Waals surface area contributed by atoms with Crippen LogP contribution in [0, 0.1) is 0 Å². The maximum atomic E-state index is 14.1. The molecule has 2 aromatic heterocycles. The van der Waals surface area contributed by atoms with Crippen LogP contribution in [0.5, 0.6) is 17.2 Å². The lowest BCUT2D eigenvalue weighted by Crippen LogP contribution is -2.13. The van der Waals surface area contributed by atoms with Gasteiger partial charge in [0, 0.05) is 29.3 Å². The van der Waals surface area contributed by atoms with Crippen LogP contribution in [-0.4, -0.2) is 55.8 Å². The van der Waals surface area contributed by atoms with Gasteiger partial charge in [-0.2, -0.15) is 13.2 Å². The molecule has 2 heterocycles. The van der Waals surface area contributed by atoms with E-state index in [9.17, 15) is 26.4 Å². The quantitative estimate of drug-likeness (QED) is 0.275. The molecule has 4 aromatic rings. The number of aromatic nitrogens is 3. The smallest absolute Gasteiger partial charge is 0.417 e. The van der Waals surface area contributed by atoms with Crippen LogP contribution in [-0.2, 0) is 16.0 Å². The lowest BCUT2D eigenvalue weighted by molar-refractivity contribution is -0.137. The molecule has 0 unspecified atom stereocenters. The monoisotopic (exact) mass is 627 g/mol. The number of pyridine rings is 1. The molecule has 2 aromatic carbocycles. The van der Waals surface area contributed by atoms with Gasteiger partial charge in [-0.15, -0.1) is 0 Å². The maximum Gasteiger partial charge on any atom is 0.417 e. The minimum Gasteiger partial charge on any atom is -0.497 e. The molecule has 206 valence electrons. The van der Waals surface area contributed by atoms with Crippen LogP contribution < -0.4 is 19.8 Å². The Hall–Kier alpha value is -3.65. The number of halogens is 4. The molecule has 39 heavy (non-hydrogen) atoms. The lowest BCUT2D eigenvalue weighted by Gasteiger charge is -2.17. The third kappa shape index (κ3) is 5.86. The topological polar surface area (TPSA) is 120 Å². The third-order valence-corrected chi connectivity index (χ3v) is 7.05. The number of nitrogens with zero attached hydrogens (tertiary/aromatic N) is 2. The summed E-state index contributed by atoms with van der Waals surface area (Å²) in [6.45, 7) is 0.113. The van der Waals surface area contributed by atoms with Gasteiger partial charge >= 0.3 is 6.18 Å². The minimum atomic E-state index is -4.91. The van der Waals surface area contributed by atoms with Gasteiger partial charge in [-0.05, 0) is 24.3 Å². The summed E-state index contributed by atoms with van der Waals surface area (Å²) < 4.78 is 82.5. The van der Waals surface area contributed by atoms with E-state index in [1.54, 1.807) is 0 Å². The molecule has 14 heteroatoms. The van der Waals surface area contributed by atoms with Crippen LogP contribution in [0.25, 0.3) is 33.7 Å². The maximum absolute atomic E-state index is 14.1.